The number of benzene rings is 2. The third-order valence-corrected chi connectivity index (χ3v) is 6.88. The summed E-state index contributed by atoms with van der Waals surface area (Å²) in [5, 5.41) is 2.45. The van der Waals surface area contributed by atoms with Gasteiger partial charge in [0, 0.05) is 17.9 Å². The summed E-state index contributed by atoms with van der Waals surface area (Å²) in [4.78, 5) is 0. The molecule has 20 heavy (non-hydrogen) atoms. The van der Waals surface area contributed by atoms with Crippen LogP contribution in [0.15, 0.2) is 45.4 Å². The van der Waals surface area contributed by atoms with Crippen molar-refractivity contribution in [3.63, 3.8) is 0 Å². The average Bonchev–Trinajstić information content (AvgIpc) is 2.44. The SMILES string of the molecule is C/C(Br)=C(/Br)c1cccc2cccc(/C(Br)=C(\C)Br)c12. The first kappa shape index (κ1) is 16.5. The monoisotopic (exact) mass is 520 g/mol. The predicted molar refractivity (Wildman–Crippen MR) is 105 cm³/mol. The molecule has 2 rings (SSSR count). The second-order valence-electron chi connectivity index (χ2n) is 4.40. The van der Waals surface area contributed by atoms with Crippen LogP contribution in [-0.4, -0.2) is 0 Å². The van der Waals surface area contributed by atoms with E-state index in [1.165, 1.54) is 21.9 Å². The molecule has 2 aromatic carbocycles. The molecule has 0 aromatic heterocycles. The highest BCUT2D eigenvalue weighted by molar-refractivity contribution is 9.17. The normalized spacial score (nSPS) is 14.1. The summed E-state index contributed by atoms with van der Waals surface area (Å²) in [7, 11) is 0. The smallest absolute Gasteiger partial charge is 0.0352 e. The molecule has 0 saturated carbocycles. The van der Waals surface area contributed by atoms with Crippen LogP contribution in [-0.2, 0) is 0 Å². The molecule has 0 bridgehead atoms. The number of halogens is 4. The Kier molecular flexibility index (Phi) is 5.69. The number of hydrogen-bond acceptors (Lipinski definition) is 0. The van der Waals surface area contributed by atoms with Crippen LogP contribution in [0, 0.1) is 0 Å². The van der Waals surface area contributed by atoms with Crippen LogP contribution in [0.4, 0.5) is 0 Å². The fourth-order valence-corrected chi connectivity index (χ4v) is 3.17. The van der Waals surface area contributed by atoms with Gasteiger partial charge in [0.05, 0.1) is 0 Å². The number of fused-ring (bicyclic) bond motifs is 1. The van der Waals surface area contributed by atoms with E-state index in [9.17, 15) is 0 Å². The van der Waals surface area contributed by atoms with Crippen LogP contribution in [0.2, 0.25) is 0 Å². The van der Waals surface area contributed by atoms with Crippen molar-refractivity contribution in [1.82, 2.24) is 0 Å². The van der Waals surface area contributed by atoms with Crippen molar-refractivity contribution in [2.24, 2.45) is 0 Å². The van der Waals surface area contributed by atoms with Crippen LogP contribution in [0.1, 0.15) is 25.0 Å². The molecule has 0 saturated heterocycles. The summed E-state index contributed by atoms with van der Waals surface area (Å²) in [6, 6.07) is 12.7. The van der Waals surface area contributed by atoms with E-state index >= 15 is 0 Å². The van der Waals surface area contributed by atoms with E-state index in [1.807, 2.05) is 13.8 Å². The minimum atomic E-state index is 1.07. The summed E-state index contributed by atoms with van der Waals surface area (Å²) < 4.78 is 4.30. The Labute approximate surface area is 152 Å². The van der Waals surface area contributed by atoms with Crippen LogP contribution in [0.3, 0.4) is 0 Å². The van der Waals surface area contributed by atoms with Gasteiger partial charge in [0.1, 0.15) is 0 Å². The van der Waals surface area contributed by atoms with E-state index in [0.717, 1.165) is 17.9 Å². The van der Waals surface area contributed by atoms with Gasteiger partial charge >= 0.3 is 0 Å². The predicted octanol–water partition coefficient (Wildman–Crippen LogP) is 7.80. The van der Waals surface area contributed by atoms with Gasteiger partial charge in [-0.2, -0.15) is 0 Å². The Balaban J connectivity index is 2.93. The molecule has 0 spiro atoms. The maximum absolute atomic E-state index is 3.68. The minimum Gasteiger partial charge on any atom is -0.0610 e. The van der Waals surface area contributed by atoms with E-state index in [1.54, 1.807) is 0 Å². The van der Waals surface area contributed by atoms with Gasteiger partial charge < -0.3 is 0 Å². The van der Waals surface area contributed by atoms with Crippen LogP contribution in [0.25, 0.3) is 19.7 Å². The van der Waals surface area contributed by atoms with Gasteiger partial charge in [0.15, 0.2) is 0 Å². The zero-order valence-corrected chi connectivity index (χ0v) is 17.3. The summed E-state index contributed by atoms with van der Waals surface area (Å²) in [6.07, 6.45) is 0. The highest BCUT2D eigenvalue weighted by atomic mass is 79.9. The molecule has 0 radical (unpaired) electrons. The largest absolute Gasteiger partial charge is 0.0610 e. The van der Waals surface area contributed by atoms with E-state index < -0.39 is 0 Å². The van der Waals surface area contributed by atoms with Gasteiger partial charge in [-0.15, -0.1) is 0 Å². The second-order valence-corrected chi connectivity index (χ2v) is 8.37. The topological polar surface area (TPSA) is 0 Å². The molecule has 0 aliphatic carbocycles. The molecule has 4 heteroatoms. The molecular weight excluding hydrogens is 512 g/mol. The molecule has 0 aliphatic heterocycles. The maximum atomic E-state index is 3.68. The van der Waals surface area contributed by atoms with Crippen molar-refractivity contribution in [3.8, 4) is 0 Å². The van der Waals surface area contributed by atoms with Gasteiger partial charge in [0.25, 0.3) is 0 Å². The second kappa shape index (κ2) is 6.91. The third kappa shape index (κ3) is 3.29. The Hall–Kier alpha value is 0.1000. The Morgan fingerprint density at radius 1 is 0.700 bits per heavy atom. The summed E-state index contributed by atoms with van der Waals surface area (Å²) >= 11 is 14.5. The van der Waals surface area contributed by atoms with E-state index in [-0.39, 0.29) is 0 Å². The maximum Gasteiger partial charge on any atom is 0.0352 e. The molecule has 104 valence electrons. The first-order chi connectivity index (χ1) is 9.43. The van der Waals surface area contributed by atoms with Crippen LogP contribution < -0.4 is 0 Å². The zero-order chi connectivity index (χ0) is 14.9. The first-order valence-electron chi connectivity index (χ1n) is 5.99. The van der Waals surface area contributed by atoms with Crippen molar-refractivity contribution >= 4 is 83.5 Å². The van der Waals surface area contributed by atoms with Gasteiger partial charge in [-0.3, -0.25) is 0 Å². The highest BCUT2D eigenvalue weighted by Gasteiger charge is 2.12. The minimum absolute atomic E-state index is 1.07. The molecular formula is C16H12Br4. The van der Waals surface area contributed by atoms with E-state index in [4.69, 9.17) is 0 Å². The number of rotatable bonds is 2. The van der Waals surface area contributed by atoms with Gasteiger partial charge in [-0.05, 0) is 67.6 Å². The fraction of sp³-hybridized carbons (Fsp3) is 0.125. The first-order valence-corrected chi connectivity index (χ1v) is 9.17. The average molecular weight is 524 g/mol. The van der Waals surface area contributed by atoms with Crippen molar-refractivity contribution in [2.75, 3.05) is 0 Å². The molecule has 0 amide bonds. The van der Waals surface area contributed by atoms with Crippen molar-refractivity contribution in [3.05, 3.63) is 56.5 Å². The van der Waals surface area contributed by atoms with Gasteiger partial charge in [0.2, 0.25) is 0 Å². The molecule has 0 fully saturated rings. The quantitative estimate of drug-likeness (QED) is 0.377. The molecule has 0 unspecified atom stereocenters. The zero-order valence-electron chi connectivity index (χ0n) is 11.0. The number of allylic oxidation sites excluding steroid dienone is 2. The molecule has 0 N–H and O–H groups in total. The molecule has 0 heterocycles. The highest BCUT2D eigenvalue weighted by Crippen LogP contribution is 2.39. The van der Waals surface area contributed by atoms with Gasteiger partial charge in [-0.25, -0.2) is 0 Å². The van der Waals surface area contributed by atoms with Crippen molar-refractivity contribution in [2.45, 2.75) is 13.8 Å². The summed E-state index contributed by atoms with van der Waals surface area (Å²) in [6.45, 7) is 4.07. The van der Waals surface area contributed by atoms with E-state index in [2.05, 4.69) is 100 Å². The molecule has 0 aliphatic rings. The summed E-state index contributed by atoms with van der Waals surface area (Å²) in [5.41, 5.74) is 2.36. The fourth-order valence-electron chi connectivity index (χ4n) is 2.08. The molecule has 0 atom stereocenters. The van der Waals surface area contributed by atoms with Crippen molar-refractivity contribution < 1.29 is 0 Å². The molecule has 0 nitrogen and oxygen atoms in total. The van der Waals surface area contributed by atoms with Crippen molar-refractivity contribution in [1.29, 1.82) is 0 Å². The lowest BCUT2D eigenvalue weighted by atomic mass is 9.98. The van der Waals surface area contributed by atoms with Crippen LogP contribution >= 0.6 is 63.7 Å². The Bertz CT molecular complexity index is 660. The molecule has 2 aromatic rings. The lowest BCUT2D eigenvalue weighted by Gasteiger charge is -2.12. The van der Waals surface area contributed by atoms with Gasteiger partial charge in [-0.1, -0.05) is 68.3 Å². The third-order valence-electron chi connectivity index (χ3n) is 2.98. The lowest BCUT2D eigenvalue weighted by Crippen LogP contribution is -1.88. The Morgan fingerprint density at radius 2 is 1.10 bits per heavy atom. The standard InChI is InChI=1S/C16H12Br4/c1-9(17)15(19)12-7-3-5-11-6-4-8-13(14(11)12)16(20)10(2)18/h3-8H,1-2H3/b15-9-,16-10-. The summed E-state index contributed by atoms with van der Waals surface area (Å²) in [5.74, 6) is 0. The number of hydrogen-bond donors (Lipinski definition) is 0. The Morgan fingerprint density at radius 3 is 1.45 bits per heavy atom. The van der Waals surface area contributed by atoms with Crippen LogP contribution in [0.5, 0.6) is 0 Å². The van der Waals surface area contributed by atoms with E-state index in [0.29, 0.717) is 0 Å². The lowest BCUT2D eigenvalue weighted by molar-refractivity contribution is 1.64.